The van der Waals surface area contributed by atoms with E-state index >= 15 is 0 Å². The number of piperidine rings is 1. The fourth-order valence-corrected chi connectivity index (χ4v) is 3.48. The molecule has 1 atom stereocenters. The van der Waals surface area contributed by atoms with Crippen LogP contribution in [0.2, 0.25) is 0 Å². The van der Waals surface area contributed by atoms with E-state index < -0.39 is 12.7 Å². The summed E-state index contributed by atoms with van der Waals surface area (Å²) in [4.78, 5) is 14.7. The quantitative estimate of drug-likeness (QED) is 0.835. The molecule has 0 radical (unpaired) electrons. The summed E-state index contributed by atoms with van der Waals surface area (Å²) in [5, 5.41) is 7.24. The van der Waals surface area contributed by atoms with Crippen molar-refractivity contribution in [1.29, 1.82) is 0 Å². The van der Waals surface area contributed by atoms with E-state index in [1.54, 1.807) is 12.1 Å². The molecule has 1 N–H and O–H groups in total. The van der Waals surface area contributed by atoms with Gasteiger partial charge in [-0.1, -0.05) is 0 Å². The third-order valence-electron chi connectivity index (χ3n) is 4.66. The average molecular weight is 398 g/mol. The van der Waals surface area contributed by atoms with Crippen molar-refractivity contribution in [1.82, 2.24) is 14.7 Å². The summed E-state index contributed by atoms with van der Waals surface area (Å²) in [6, 6.07) is 4.83. The number of nitrogens with one attached hydrogen (secondary N) is 1. The number of likely N-dealkylation sites (tertiary alicyclic amines) is 1. The highest BCUT2D eigenvalue weighted by Gasteiger charge is 2.31. The molecule has 6 nitrogen and oxygen atoms in total. The van der Waals surface area contributed by atoms with Gasteiger partial charge in [0.25, 0.3) is 0 Å². The van der Waals surface area contributed by atoms with Gasteiger partial charge in [-0.05, 0) is 52.4 Å². The van der Waals surface area contributed by atoms with Gasteiger partial charge in [0.15, 0.2) is 5.82 Å². The first kappa shape index (κ1) is 20.4. The molecule has 2 heterocycles. The van der Waals surface area contributed by atoms with Crippen LogP contribution >= 0.6 is 0 Å². The molecule has 3 rings (SSSR count). The van der Waals surface area contributed by atoms with Crippen LogP contribution in [0.25, 0.3) is 10.9 Å². The maximum atomic E-state index is 13.0. The van der Waals surface area contributed by atoms with E-state index in [2.05, 4.69) is 15.3 Å². The van der Waals surface area contributed by atoms with Gasteiger partial charge in [0.1, 0.15) is 12.3 Å². The Balaban J connectivity index is 1.91. The molecule has 0 aliphatic carbocycles. The normalized spacial score (nSPS) is 18.6. The number of fused-ring (bicyclic) bond motifs is 1. The van der Waals surface area contributed by atoms with Crippen LogP contribution in [0.4, 0.5) is 19.0 Å². The second-order valence-electron chi connectivity index (χ2n) is 7.56. The van der Waals surface area contributed by atoms with Gasteiger partial charge in [-0.2, -0.15) is 18.3 Å². The van der Waals surface area contributed by atoms with Crippen molar-refractivity contribution in [2.45, 2.75) is 45.5 Å². The number of hydrogen-bond acceptors (Lipinski definition) is 4. The van der Waals surface area contributed by atoms with Crippen molar-refractivity contribution < 1.29 is 22.7 Å². The van der Waals surface area contributed by atoms with Crippen molar-refractivity contribution in [2.75, 3.05) is 25.5 Å². The lowest BCUT2D eigenvalue weighted by atomic mass is 9.97. The Morgan fingerprint density at radius 2 is 2.14 bits per heavy atom. The van der Waals surface area contributed by atoms with Crippen LogP contribution in [-0.2, 0) is 11.3 Å². The third kappa shape index (κ3) is 4.95. The Kier molecular flexibility index (Phi) is 5.83. The van der Waals surface area contributed by atoms with Gasteiger partial charge in [-0.3, -0.25) is 9.48 Å². The maximum absolute atomic E-state index is 13.0. The van der Waals surface area contributed by atoms with Gasteiger partial charge < -0.3 is 15.0 Å². The van der Waals surface area contributed by atoms with Crippen molar-refractivity contribution >= 4 is 22.6 Å². The first-order chi connectivity index (χ1) is 13.1. The molecule has 28 heavy (non-hydrogen) atoms. The molecule has 1 amide bonds. The lowest BCUT2D eigenvalue weighted by Gasteiger charge is -2.28. The highest BCUT2D eigenvalue weighted by molar-refractivity contribution is 6.01. The van der Waals surface area contributed by atoms with Crippen LogP contribution in [0.15, 0.2) is 18.2 Å². The number of rotatable bonds is 5. The first-order valence-electron chi connectivity index (χ1n) is 9.36. The van der Waals surface area contributed by atoms with Gasteiger partial charge in [0, 0.05) is 18.0 Å². The molecule has 0 spiro atoms. The lowest BCUT2D eigenvalue weighted by Crippen LogP contribution is -2.38. The summed E-state index contributed by atoms with van der Waals surface area (Å²) in [6.45, 7) is 4.00. The van der Waals surface area contributed by atoms with E-state index in [0.29, 0.717) is 17.7 Å². The highest BCUT2D eigenvalue weighted by Crippen LogP contribution is 2.30. The molecule has 1 fully saturated rings. The molecule has 1 aromatic carbocycles. The number of carbonyl (C=O) groups excluding carboxylic acids is 1. The Morgan fingerprint density at radius 3 is 2.79 bits per heavy atom. The second-order valence-corrected chi connectivity index (χ2v) is 7.56. The number of benzene rings is 1. The molecule has 1 aliphatic rings. The number of hydrogen-bond donors (Lipinski definition) is 1. The number of ether oxygens (including phenoxy) is 1. The van der Waals surface area contributed by atoms with Crippen molar-refractivity contribution in [3.05, 3.63) is 18.2 Å². The zero-order valence-electron chi connectivity index (χ0n) is 16.2. The Hall–Kier alpha value is -2.29. The Bertz CT molecular complexity index is 848. The number of amides is 1. The average Bonchev–Trinajstić information content (AvgIpc) is 2.89. The summed E-state index contributed by atoms with van der Waals surface area (Å²) in [5.74, 6) is 0.184. The Labute approximate surface area is 161 Å². The molecule has 1 saturated heterocycles. The topological polar surface area (TPSA) is 59.4 Å². The predicted octanol–water partition coefficient (Wildman–Crippen LogP) is 3.67. The molecule has 0 bridgehead atoms. The number of aromatic nitrogens is 2. The summed E-state index contributed by atoms with van der Waals surface area (Å²) < 4.78 is 45.5. The van der Waals surface area contributed by atoms with E-state index in [1.165, 1.54) is 6.07 Å². The molecule has 1 aliphatic heterocycles. The monoisotopic (exact) mass is 398 g/mol. The minimum Gasteiger partial charge on any atom is -0.491 e. The van der Waals surface area contributed by atoms with Gasteiger partial charge in [0.05, 0.1) is 17.5 Å². The predicted molar refractivity (Wildman–Crippen MR) is 100 cm³/mol. The zero-order chi connectivity index (χ0) is 20.5. The molecular formula is C19H25F3N4O2. The summed E-state index contributed by atoms with van der Waals surface area (Å²) in [7, 11) is 1.95. The van der Waals surface area contributed by atoms with Gasteiger partial charge in [0.2, 0.25) is 5.91 Å². The summed E-state index contributed by atoms with van der Waals surface area (Å²) in [6.07, 6.45) is -2.88. The lowest BCUT2D eigenvalue weighted by molar-refractivity contribution is -0.141. The SMILES string of the molecule is CC(C)Oc1ccc2c(NC(=O)[C@@H]3CCCN(C)C3)nn(CC(F)(F)F)c2c1. The van der Waals surface area contributed by atoms with Crippen LogP contribution in [-0.4, -0.2) is 53.0 Å². The molecule has 0 saturated carbocycles. The van der Waals surface area contributed by atoms with Crippen LogP contribution in [0, 0.1) is 5.92 Å². The second kappa shape index (κ2) is 7.98. The van der Waals surface area contributed by atoms with Crippen molar-refractivity contribution in [3.63, 3.8) is 0 Å². The van der Waals surface area contributed by atoms with Crippen LogP contribution in [0.5, 0.6) is 5.75 Å². The first-order valence-corrected chi connectivity index (χ1v) is 9.36. The minimum atomic E-state index is -4.43. The number of carbonyl (C=O) groups is 1. The number of anilines is 1. The largest absolute Gasteiger partial charge is 0.491 e. The van der Waals surface area contributed by atoms with Gasteiger partial charge >= 0.3 is 6.18 Å². The molecule has 2 aromatic rings. The smallest absolute Gasteiger partial charge is 0.408 e. The number of nitrogens with zero attached hydrogens (tertiary/aromatic N) is 3. The van der Waals surface area contributed by atoms with E-state index in [4.69, 9.17) is 4.74 Å². The minimum absolute atomic E-state index is 0.112. The standard InChI is InChI=1S/C19H25F3N4O2/c1-12(2)28-14-6-7-15-16(9-14)26(11-19(20,21)22)24-17(15)23-18(27)13-5-4-8-25(3)10-13/h6-7,9,12-13H,4-5,8,10-11H2,1-3H3,(H,23,24,27)/t13-/m1/s1. The number of halogens is 3. The summed E-state index contributed by atoms with van der Waals surface area (Å²) >= 11 is 0. The van der Waals surface area contributed by atoms with Gasteiger partial charge in [-0.25, -0.2) is 0 Å². The van der Waals surface area contributed by atoms with E-state index in [9.17, 15) is 18.0 Å². The van der Waals surface area contributed by atoms with Crippen LogP contribution < -0.4 is 10.1 Å². The van der Waals surface area contributed by atoms with E-state index in [1.807, 2.05) is 20.9 Å². The van der Waals surface area contributed by atoms with E-state index in [-0.39, 0.29) is 29.3 Å². The zero-order valence-corrected chi connectivity index (χ0v) is 16.2. The van der Waals surface area contributed by atoms with Crippen LogP contribution in [0.1, 0.15) is 26.7 Å². The molecule has 154 valence electrons. The highest BCUT2D eigenvalue weighted by atomic mass is 19.4. The molecule has 0 unspecified atom stereocenters. The van der Waals surface area contributed by atoms with Crippen molar-refractivity contribution in [2.24, 2.45) is 5.92 Å². The maximum Gasteiger partial charge on any atom is 0.408 e. The Morgan fingerprint density at radius 1 is 1.39 bits per heavy atom. The van der Waals surface area contributed by atoms with Crippen LogP contribution in [0.3, 0.4) is 0 Å². The fraction of sp³-hybridized carbons (Fsp3) is 0.579. The molecule has 1 aromatic heterocycles. The third-order valence-corrected chi connectivity index (χ3v) is 4.66. The van der Waals surface area contributed by atoms with Gasteiger partial charge in [-0.15, -0.1) is 0 Å². The fourth-order valence-electron chi connectivity index (χ4n) is 3.48. The summed E-state index contributed by atoms with van der Waals surface area (Å²) in [5.41, 5.74) is 0.270. The van der Waals surface area contributed by atoms with Crippen molar-refractivity contribution in [3.8, 4) is 5.75 Å². The molecule has 9 heteroatoms. The van der Waals surface area contributed by atoms with E-state index in [0.717, 1.165) is 24.1 Å². The number of alkyl halides is 3. The molecular weight excluding hydrogens is 373 g/mol.